The second-order valence-electron chi connectivity index (χ2n) is 4.47. The number of sulfonamides is 1. The molecule has 0 aliphatic carbocycles. The summed E-state index contributed by atoms with van der Waals surface area (Å²) >= 11 is 0. The molecule has 1 atom stereocenters. The van der Waals surface area contributed by atoms with Crippen LogP contribution < -0.4 is 10.0 Å². The molecular weight excluding hydrogens is 314 g/mol. The van der Waals surface area contributed by atoms with Crippen LogP contribution in [0, 0.1) is 10.1 Å². The fraction of sp³-hybridized carbons (Fsp3) is 0.417. The molecule has 3 N–H and O–H groups in total. The van der Waals surface area contributed by atoms with E-state index in [1.807, 2.05) is 0 Å². The van der Waals surface area contributed by atoms with Crippen molar-refractivity contribution in [1.82, 2.24) is 10.0 Å². The van der Waals surface area contributed by atoms with E-state index in [2.05, 4.69) is 10.0 Å². The van der Waals surface area contributed by atoms with E-state index >= 15 is 0 Å². The number of nitrogens with one attached hydrogen (secondary N) is 2. The highest BCUT2D eigenvalue weighted by Gasteiger charge is 2.24. The molecule has 0 fully saturated rings. The topological polar surface area (TPSA) is 139 Å². The summed E-state index contributed by atoms with van der Waals surface area (Å²) in [6, 6.07) is 4.62. The van der Waals surface area contributed by atoms with E-state index in [0.717, 1.165) is 12.1 Å². The van der Waals surface area contributed by atoms with Gasteiger partial charge in [-0.05, 0) is 18.9 Å². The Labute approximate surface area is 127 Å². The van der Waals surface area contributed by atoms with Gasteiger partial charge in [0.1, 0.15) is 0 Å². The van der Waals surface area contributed by atoms with E-state index in [4.69, 9.17) is 5.11 Å². The van der Waals surface area contributed by atoms with Crippen LogP contribution in [0.4, 0.5) is 10.5 Å². The van der Waals surface area contributed by atoms with Crippen molar-refractivity contribution in [1.29, 1.82) is 0 Å². The second-order valence-corrected chi connectivity index (χ2v) is 6.20. The molecule has 22 heavy (non-hydrogen) atoms. The minimum atomic E-state index is -4.04. The van der Waals surface area contributed by atoms with E-state index in [0.29, 0.717) is 6.42 Å². The van der Waals surface area contributed by atoms with E-state index in [1.54, 1.807) is 6.92 Å². The molecular formula is C12H17N3O6S. The lowest BCUT2D eigenvalue weighted by Crippen LogP contribution is -2.36. The molecule has 0 bridgehead atoms. The van der Waals surface area contributed by atoms with E-state index in [1.165, 1.54) is 12.1 Å². The van der Waals surface area contributed by atoms with Gasteiger partial charge in [-0.25, -0.2) is 17.9 Å². The predicted octanol–water partition coefficient (Wildman–Crippen LogP) is 1.31. The van der Waals surface area contributed by atoms with Crippen molar-refractivity contribution in [2.45, 2.75) is 30.7 Å². The number of benzene rings is 1. The van der Waals surface area contributed by atoms with E-state index in [-0.39, 0.29) is 13.0 Å². The zero-order chi connectivity index (χ0) is 16.8. The maximum atomic E-state index is 12.1. The average Bonchev–Trinajstić information content (AvgIpc) is 2.45. The van der Waals surface area contributed by atoms with Gasteiger partial charge in [0.05, 0.1) is 4.92 Å². The van der Waals surface area contributed by atoms with Crippen LogP contribution in [-0.2, 0) is 10.0 Å². The van der Waals surface area contributed by atoms with Crippen LogP contribution in [0.1, 0.15) is 19.8 Å². The first-order valence-electron chi connectivity index (χ1n) is 6.50. The van der Waals surface area contributed by atoms with Gasteiger partial charge in [0.25, 0.3) is 5.69 Å². The van der Waals surface area contributed by atoms with E-state index < -0.39 is 37.7 Å². The molecule has 0 saturated heterocycles. The van der Waals surface area contributed by atoms with Gasteiger partial charge in [0.2, 0.25) is 10.0 Å². The second kappa shape index (κ2) is 7.71. The summed E-state index contributed by atoms with van der Waals surface area (Å²) in [6.07, 6.45) is -0.448. The van der Waals surface area contributed by atoms with Crippen molar-refractivity contribution in [2.75, 3.05) is 6.54 Å². The minimum absolute atomic E-state index is 0.0346. The number of para-hydroxylation sites is 1. The lowest BCUT2D eigenvalue weighted by atomic mass is 10.1. The van der Waals surface area contributed by atoms with Crippen LogP contribution in [0.5, 0.6) is 0 Å². The lowest BCUT2D eigenvalue weighted by molar-refractivity contribution is -0.387. The third-order valence-electron chi connectivity index (χ3n) is 2.96. The van der Waals surface area contributed by atoms with Crippen LogP contribution in [0.2, 0.25) is 0 Å². The maximum Gasteiger partial charge on any atom is 0.404 e. The van der Waals surface area contributed by atoms with Gasteiger partial charge in [-0.3, -0.25) is 10.1 Å². The standard InChI is InChI=1S/C12H17N3O6S/c1-2-9(14-12(16)17)7-8-13-22(20,21)11-6-4-3-5-10(11)15(18)19/h3-6,9,13-14H,2,7-8H2,1H3,(H,16,17). The van der Waals surface area contributed by atoms with Gasteiger partial charge < -0.3 is 10.4 Å². The van der Waals surface area contributed by atoms with Crippen molar-refractivity contribution in [3.05, 3.63) is 34.4 Å². The average molecular weight is 331 g/mol. The molecule has 122 valence electrons. The minimum Gasteiger partial charge on any atom is -0.465 e. The Kier molecular flexibility index (Phi) is 6.25. The summed E-state index contributed by atoms with van der Waals surface area (Å²) in [6.45, 7) is 1.73. The fourth-order valence-corrected chi connectivity index (χ4v) is 3.05. The number of amides is 1. The maximum absolute atomic E-state index is 12.1. The molecule has 9 nitrogen and oxygen atoms in total. The van der Waals surface area contributed by atoms with Crippen molar-refractivity contribution in [2.24, 2.45) is 0 Å². The molecule has 0 spiro atoms. The number of carbonyl (C=O) groups is 1. The van der Waals surface area contributed by atoms with Crippen LogP contribution >= 0.6 is 0 Å². The molecule has 1 amide bonds. The number of nitrogens with zero attached hydrogens (tertiary/aromatic N) is 1. The highest BCUT2D eigenvalue weighted by atomic mass is 32.2. The predicted molar refractivity (Wildman–Crippen MR) is 78.1 cm³/mol. The molecule has 0 heterocycles. The number of nitro benzene ring substituents is 1. The fourth-order valence-electron chi connectivity index (χ4n) is 1.83. The lowest BCUT2D eigenvalue weighted by Gasteiger charge is -2.15. The Bertz CT molecular complexity index is 646. The van der Waals surface area contributed by atoms with E-state index in [9.17, 15) is 23.3 Å². The first-order valence-corrected chi connectivity index (χ1v) is 7.98. The molecule has 0 aliphatic rings. The molecule has 1 rings (SSSR count). The Morgan fingerprint density at radius 3 is 2.59 bits per heavy atom. The normalized spacial score (nSPS) is 12.6. The molecule has 1 aromatic rings. The zero-order valence-electron chi connectivity index (χ0n) is 11.9. The largest absolute Gasteiger partial charge is 0.465 e. The first-order chi connectivity index (χ1) is 10.3. The molecule has 0 aliphatic heterocycles. The molecule has 0 aromatic heterocycles. The Balaban J connectivity index is 2.77. The van der Waals surface area contributed by atoms with Gasteiger partial charge in [-0.1, -0.05) is 19.1 Å². The molecule has 0 radical (unpaired) electrons. The highest BCUT2D eigenvalue weighted by Crippen LogP contribution is 2.22. The molecule has 1 aromatic carbocycles. The summed E-state index contributed by atoms with van der Waals surface area (Å²) < 4.78 is 26.4. The highest BCUT2D eigenvalue weighted by molar-refractivity contribution is 7.89. The smallest absolute Gasteiger partial charge is 0.404 e. The third kappa shape index (κ3) is 4.97. The van der Waals surface area contributed by atoms with Gasteiger partial charge in [0, 0.05) is 18.7 Å². The summed E-state index contributed by atoms with van der Waals surface area (Å²) in [4.78, 5) is 20.2. The summed E-state index contributed by atoms with van der Waals surface area (Å²) in [5.41, 5.74) is -0.509. The quantitative estimate of drug-likeness (QED) is 0.485. The SMILES string of the molecule is CCC(CCNS(=O)(=O)c1ccccc1[N+](=O)[O-])NC(=O)O. The van der Waals surface area contributed by atoms with Gasteiger partial charge in [0.15, 0.2) is 4.90 Å². The monoisotopic (exact) mass is 331 g/mol. The van der Waals surface area contributed by atoms with Gasteiger partial charge in [-0.15, -0.1) is 0 Å². The Morgan fingerprint density at radius 2 is 2.05 bits per heavy atom. The number of nitro groups is 1. The van der Waals surface area contributed by atoms with Crippen LogP contribution in [0.15, 0.2) is 29.2 Å². The van der Waals surface area contributed by atoms with Crippen molar-refractivity contribution < 1.29 is 23.2 Å². The van der Waals surface area contributed by atoms with Crippen LogP contribution in [0.3, 0.4) is 0 Å². The van der Waals surface area contributed by atoms with Gasteiger partial charge >= 0.3 is 6.09 Å². The Hall–Kier alpha value is -2.20. The van der Waals surface area contributed by atoms with Gasteiger partial charge in [-0.2, -0.15) is 0 Å². The zero-order valence-corrected chi connectivity index (χ0v) is 12.7. The first kappa shape index (κ1) is 17.9. The number of hydrogen-bond donors (Lipinski definition) is 3. The summed E-state index contributed by atoms with van der Waals surface area (Å²) in [7, 11) is -4.04. The molecule has 10 heteroatoms. The number of hydrogen-bond acceptors (Lipinski definition) is 5. The summed E-state index contributed by atoms with van der Waals surface area (Å²) in [5.74, 6) is 0. The molecule has 0 saturated carbocycles. The third-order valence-corrected chi connectivity index (χ3v) is 4.47. The van der Waals surface area contributed by atoms with Crippen molar-refractivity contribution in [3.63, 3.8) is 0 Å². The summed E-state index contributed by atoms with van der Waals surface area (Å²) in [5, 5.41) is 21.7. The van der Waals surface area contributed by atoms with Crippen molar-refractivity contribution in [3.8, 4) is 0 Å². The molecule has 1 unspecified atom stereocenters. The number of carboxylic acid groups (broad SMARTS) is 1. The van der Waals surface area contributed by atoms with Crippen LogP contribution in [-0.4, -0.2) is 37.1 Å². The van der Waals surface area contributed by atoms with Crippen LogP contribution in [0.25, 0.3) is 0 Å². The Morgan fingerprint density at radius 1 is 1.41 bits per heavy atom. The number of rotatable bonds is 8. The van der Waals surface area contributed by atoms with Crippen molar-refractivity contribution >= 4 is 21.8 Å².